The van der Waals surface area contributed by atoms with Crippen LogP contribution in [0.5, 0.6) is 0 Å². The summed E-state index contributed by atoms with van der Waals surface area (Å²) in [5, 5.41) is 10.9. The molecule has 0 aliphatic rings. The first-order valence-corrected chi connectivity index (χ1v) is 7.71. The monoisotopic (exact) mass is 291 g/mol. The zero-order valence-corrected chi connectivity index (χ0v) is 13.3. The van der Waals surface area contributed by atoms with E-state index < -0.39 is 0 Å². The summed E-state index contributed by atoms with van der Waals surface area (Å²) in [5.74, 6) is 0.414. The van der Waals surface area contributed by atoms with Gasteiger partial charge in [0, 0.05) is 16.5 Å². The smallest absolute Gasteiger partial charge is 0.0767 e. The summed E-state index contributed by atoms with van der Waals surface area (Å²) in [6.45, 7) is 6.44. The molecule has 1 N–H and O–H groups in total. The molecule has 0 fully saturated rings. The van der Waals surface area contributed by atoms with Gasteiger partial charge in [-0.05, 0) is 30.0 Å². The Morgan fingerprint density at radius 1 is 1.05 bits per heavy atom. The molecule has 3 aromatic rings. The highest BCUT2D eigenvalue weighted by Crippen LogP contribution is 2.32. The summed E-state index contributed by atoms with van der Waals surface area (Å²) in [5.41, 5.74) is 6.32. The fraction of sp³-hybridized carbons (Fsp3) is 0.250. The first kappa shape index (κ1) is 14.7. The van der Waals surface area contributed by atoms with E-state index in [0.29, 0.717) is 5.92 Å². The molecule has 0 radical (unpaired) electrons. The van der Waals surface area contributed by atoms with Crippen molar-refractivity contribution >= 4 is 10.9 Å². The molecule has 112 valence electrons. The summed E-state index contributed by atoms with van der Waals surface area (Å²) in [6.07, 6.45) is 0. The van der Waals surface area contributed by atoms with Gasteiger partial charge in [0.25, 0.3) is 0 Å². The highest BCUT2D eigenvalue weighted by atomic mass is 16.3. The number of benzene rings is 2. The minimum Gasteiger partial charge on any atom is -0.392 e. The van der Waals surface area contributed by atoms with Crippen LogP contribution in [0.1, 0.15) is 36.5 Å². The lowest BCUT2D eigenvalue weighted by molar-refractivity contribution is 0.282. The molecular weight excluding hydrogens is 270 g/mol. The van der Waals surface area contributed by atoms with Gasteiger partial charge in [0.1, 0.15) is 0 Å². The van der Waals surface area contributed by atoms with E-state index in [2.05, 4.69) is 51.1 Å². The molecule has 1 heterocycles. The Bertz CT molecular complexity index is 821. The Hall–Kier alpha value is -2.19. The Morgan fingerprint density at radius 3 is 2.55 bits per heavy atom. The van der Waals surface area contributed by atoms with Gasteiger partial charge in [0.05, 0.1) is 17.8 Å². The van der Waals surface area contributed by atoms with Crippen LogP contribution in [0, 0.1) is 6.92 Å². The lowest BCUT2D eigenvalue weighted by atomic mass is 9.92. The van der Waals surface area contributed by atoms with E-state index in [0.717, 1.165) is 33.3 Å². The van der Waals surface area contributed by atoms with E-state index >= 15 is 0 Å². The molecule has 0 unspecified atom stereocenters. The zero-order valence-electron chi connectivity index (χ0n) is 13.3. The summed E-state index contributed by atoms with van der Waals surface area (Å²) < 4.78 is 0. The first-order valence-electron chi connectivity index (χ1n) is 7.71. The topological polar surface area (TPSA) is 33.1 Å². The maximum Gasteiger partial charge on any atom is 0.0767 e. The molecule has 1 aromatic heterocycles. The Kier molecular flexibility index (Phi) is 3.95. The fourth-order valence-electron chi connectivity index (χ4n) is 2.96. The van der Waals surface area contributed by atoms with Gasteiger partial charge < -0.3 is 5.11 Å². The Balaban J connectivity index is 2.33. The number of aliphatic hydroxyl groups is 1. The third-order valence-electron chi connectivity index (χ3n) is 4.13. The van der Waals surface area contributed by atoms with Crippen LogP contribution in [-0.2, 0) is 6.61 Å². The molecule has 0 saturated heterocycles. The van der Waals surface area contributed by atoms with E-state index in [1.807, 2.05) is 18.2 Å². The third kappa shape index (κ3) is 2.51. The van der Waals surface area contributed by atoms with Crippen molar-refractivity contribution in [2.75, 3.05) is 0 Å². The van der Waals surface area contributed by atoms with Crippen LogP contribution in [-0.4, -0.2) is 10.1 Å². The van der Waals surface area contributed by atoms with Crippen molar-refractivity contribution in [1.29, 1.82) is 0 Å². The highest BCUT2D eigenvalue weighted by Gasteiger charge is 2.14. The predicted octanol–water partition coefficient (Wildman–Crippen LogP) is 4.83. The zero-order chi connectivity index (χ0) is 15.7. The summed E-state index contributed by atoms with van der Waals surface area (Å²) in [4.78, 5) is 4.90. The second-order valence-corrected chi connectivity index (χ2v) is 6.04. The molecule has 22 heavy (non-hydrogen) atoms. The molecule has 0 aliphatic heterocycles. The molecule has 2 nitrogen and oxygen atoms in total. The van der Waals surface area contributed by atoms with E-state index in [1.165, 1.54) is 5.56 Å². The molecule has 0 saturated carbocycles. The van der Waals surface area contributed by atoms with Gasteiger partial charge >= 0.3 is 0 Å². The van der Waals surface area contributed by atoms with Crippen LogP contribution in [0.2, 0.25) is 0 Å². The van der Waals surface area contributed by atoms with Gasteiger partial charge in [-0.25, -0.2) is 4.98 Å². The maximum atomic E-state index is 9.80. The van der Waals surface area contributed by atoms with E-state index in [1.54, 1.807) is 0 Å². The molecule has 0 bridgehead atoms. The standard InChI is InChI=1S/C20H21NO/c1-13(2)17-9-4-5-10-18(17)20-16(12-22)11-15-8-6-7-14(3)19(15)21-20/h4-11,13,22H,12H2,1-3H3. The number of hydrogen-bond acceptors (Lipinski definition) is 2. The average molecular weight is 291 g/mol. The Morgan fingerprint density at radius 2 is 1.82 bits per heavy atom. The van der Waals surface area contributed by atoms with Crippen LogP contribution in [0.4, 0.5) is 0 Å². The van der Waals surface area contributed by atoms with Crippen LogP contribution in [0.15, 0.2) is 48.5 Å². The van der Waals surface area contributed by atoms with Crippen molar-refractivity contribution in [3.05, 3.63) is 65.2 Å². The first-order chi connectivity index (χ1) is 10.6. The lowest BCUT2D eigenvalue weighted by Crippen LogP contribution is -1.99. The molecule has 0 atom stereocenters. The van der Waals surface area contributed by atoms with Gasteiger partial charge in [-0.2, -0.15) is 0 Å². The fourth-order valence-corrected chi connectivity index (χ4v) is 2.96. The molecule has 2 aromatic carbocycles. The molecule has 3 rings (SSSR count). The summed E-state index contributed by atoms with van der Waals surface area (Å²) in [6, 6.07) is 16.5. The Labute approximate surface area is 131 Å². The number of para-hydroxylation sites is 1. The number of nitrogens with zero attached hydrogens (tertiary/aromatic N) is 1. The number of aromatic nitrogens is 1. The minimum atomic E-state index is -0.00134. The van der Waals surface area contributed by atoms with Crippen molar-refractivity contribution in [2.24, 2.45) is 0 Å². The van der Waals surface area contributed by atoms with E-state index in [9.17, 15) is 5.11 Å². The van der Waals surface area contributed by atoms with Gasteiger partial charge in [-0.3, -0.25) is 0 Å². The number of pyridine rings is 1. The molecule has 0 aliphatic carbocycles. The van der Waals surface area contributed by atoms with E-state index in [-0.39, 0.29) is 6.61 Å². The number of aryl methyl sites for hydroxylation is 1. The molecule has 2 heteroatoms. The second-order valence-electron chi connectivity index (χ2n) is 6.04. The molecule has 0 spiro atoms. The van der Waals surface area contributed by atoms with E-state index in [4.69, 9.17) is 4.98 Å². The SMILES string of the molecule is Cc1cccc2cc(CO)c(-c3ccccc3C(C)C)nc12. The summed E-state index contributed by atoms with van der Waals surface area (Å²) >= 11 is 0. The normalized spacial score (nSPS) is 11.3. The number of aliphatic hydroxyl groups excluding tert-OH is 1. The van der Waals surface area contributed by atoms with Crippen molar-refractivity contribution in [3.63, 3.8) is 0 Å². The van der Waals surface area contributed by atoms with Crippen molar-refractivity contribution < 1.29 is 5.11 Å². The second kappa shape index (κ2) is 5.90. The number of rotatable bonds is 3. The maximum absolute atomic E-state index is 9.80. The van der Waals surface area contributed by atoms with Gasteiger partial charge in [0.15, 0.2) is 0 Å². The van der Waals surface area contributed by atoms with Gasteiger partial charge in [-0.1, -0.05) is 56.3 Å². The quantitative estimate of drug-likeness (QED) is 0.750. The molecule has 0 amide bonds. The lowest BCUT2D eigenvalue weighted by Gasteiger charge is -2.16. The van der Waals surface area contributed by atoms with Crippen molar-refractivity contribution in [1.82, 2.24) is 4.98 Å². The average Bonchev–Trinajstić information content (AvgIpc) is 2.54. The molecular formula is C20H21NO. The van der Waals surface area contributed by atoms with Crippen LogP contribution < -0.4 is 0 Å². The highest BCUT2D eigenvalue weighted by molar-refractivity contribution is 5.86. The largest absolute Gasteiger partial charge is 0.392 e. The van der Waals surface area contributed by atoms with Crippen molar-refractivity contribution in [2.45, 2.75) is 33.3 Å². The van der Waals surface area contributed by atoms with Gasteiger partial charge in [0.2, 0.25) is 0 Å². The van der Waals surface area contributed by atoms with Crippen molar-refractivity contribution in [3.8, 4) is 11.3 Å². The predicted molar refractivity (Wildman–Crippen MR) is 91.9 cm³/mol. The van der Waals surface area contributed by atoms with Gasteiger partial charge in [-0.15, -0.1) is 0 Å². The van der Waals surface area contributed by atoms with Crippen LogP contribution in [0.3, 0.4) is 0 Å². The third-order valence-corrected chi connectivity index (χ3v) is 4.13. The van der Waals surface area contributed by atoms with Crippen LogP contribution in [0.25, 0.3) is 22.2 Å². The minimum absolute atomic E-state index is 0.00134. The summed E-state index contributed by atoms with van der Waals surface area (Å²) in [7, 11) is 0. The number of hydrogen-bond donors (Lipinski definition) is 1. The van der Waals surface area contributed by atoms with Crippen LogP contribution >= 0.6 is 0 Å². The number of fused-ring (bicyclic) bond motifs is 1.